The molecule has 2 aliphatic heterocycles. The molecule has 516 valence electrons. The lowest BCUT2D eigenvalue weighted by Gasteiger charge is -2.45. The molecule has 0 N–H and O–H groups in total. The second-order valence-corrected chi connectivity index (χ2v) is 35.9. The quantitative estimate of drug-likeness (QED) is 0.134. The van der Waals surface area contributed by atoms with Gasteiger partial charge < -0.3 is 18.9 Å². The van der Waals surface area contributed by atoms with E-state index in [1.165, 1.54) is 0 Å². The van der Waals surface area contributed by atoms with Gasteiger partial charge in [-0.3, -0.25) is 0 Å². The van der Waals surface area contributed by atoms with Crippen LogP contribution < -0.4 is 26.2 Å². The van der Waals surface area contributed by atoms with Crippen LogP contribution in [0.25, 0.3) is 77.2 Å². The Labute approximate surface area is 629 Å². The van der Waals surface area contributed by atoms with Crippen molar-refractivity contribution in [2.45, 2.75) is 186 Å². The predicted molar refractivity (Wildman–Crippen MR) is 444 cm³/mol. The van der Waals surface area contributed by atoms with Crippen LogP contribution in [0, 0.1) is 16.2 Å². The first-order chi connectivity index (χ1) is 53.6. The van der Waals surface area contributed by atoms with Crippen LogP contribution >= 0.6 is 0 Å². The minimum atomic E-state index is -2.06. The average Bonchev–Trinajstić information content (AvgIpc) is 0.689. The van der Waals surface area contributed by atoms with Crippen molar-refractivity contribution < 1.29 is 19.2 Å². The van der Waals surface area contributed by atoms with E-state index in [0.717, 1.165) is 72.3 Å². The Bertz CT molecular complexity index is 5950. The van der Waals surface area contributed by atoms with E-state index in [1.807, 2.05) is 95.7 Å². The number of hydrogen-bond donors (Lipinski definition) is 0. The molecule has 2 aromatic heterocycles. The van der Waals surface area contributed by atoms with Crippen molar-refractivity contribution in [3.05, 3.63) is 257 Å². The first kappa shape index (κ1) is 53.5. The van der Waals surface area contributed by atoms with Crippen molar-refractivity contribution >= 4 is 101 Å². The lowest BCUT2D eigenvalue weighted by Crippen LogP contribution is -2.61. The van der Waals surface area contributed by atoms with Gasteiger partial charge in [0.05, 0.1) is 44.4 Å². The summed E-state index contributed by atoms with van der Waals surface area (Å²) >= 11 is 0. The number of hydrogen-bond acceptors (Lipinski definition) is 2. The molecule has 0 unspecified atom stereocenters. The average molecular weight is 1350 g/mol. The first-order valence-corrected chi connectivity index (χ1v) is 36.3. The SMILES string of the molecule is [2H]c1c([2H])c([2H])c2c(c1[2H])c1cc(C([2H])([2H])C(C)(C)C)ccc1n2-c1ccc2c(c1)N(c1ccc(C(C)(C)C)cc1-c1cccc(C(C)(C)C)c1)c1cc(C([2H])([2H])C(C)(C)C)cc3c1B2c1ccc(-n2c4ccc(C([2H])([2H])C(C)(C)C)cc4c4c([2H])c([2H])c([2H])c([2H])c42)cc1N3c1ccc(C(C)(C)C)cc1-c1cccc(C(C)(C)C)c1. The van der Waals surface area contributed by atoms with Gasteiger partial charge in [-0.25, -0.2) is 0 Å². The molecule has 0 bridgehead atoms. The smallest absolute Gasteiger partial charge is 0.252 e. The highest BCUT2D eigenvalue weighted by molar-refractivity contribution is 7.00. The molecule has 15 rings (SSSR count). The molecular formula is C97H105BN4. The Balaban J connectivity index is 1.15. The Kier molecular flexibility index (Phi) is 12.7. The van der Waals surface area contributed by atoms with Gasteiger partial charge in [0.2, 0.25) is 0 Å². The van der Waals surface area contributed by atoms with E-state index in [-0.39, 0.29) is 67.6 Å². The number of rotatable bonds is 9. The van der Waals surface area contributed by atoms with Gasteiger partial charge in [0, 0.05) is 75.0 Å². The molecule has 4 nitrogen and oxygen atoms in total. The second kappa shape index (κ2) is 24.2. The van der Waals surface area contributed by atoms with Crippen molar-refractivity contribution in [2.24, 2.45) is 16.2 Å². The minimum Gasteiger partial charge on any atom is -0.311 e. The molecule has 0 spiro atoms. The van der Waals surface area contributed by atoms with E-state index in [4.69, 9.17) is 0 Å². The summed E-state index contributed by atoms with van der Waals surface area (Å²) in [5.74, 6) is 0. The molecule has 0 fully saturated rings. The van der Waals surface area contributed by atoms with Crippen molar-refractivity contribution in [2.75, 3.05) is 9.80 Å². The monoisotopic (exact) mass is 1350 g/mol. The maximum atomic E-state index is 10.7. The summed E-state index contributed by atoms with van der Waals surface area (Å²) < 4.78 is 140. The fraction of sp³-hybridized carbons (Fsp3) is 0.320. The zero-order valence-electron chi connectivity index (χ0n) is 77.5. The van der Waals surface area contributed by atoms with Crippen LogP contribution in [0.5, 0.6) is 0 Å². The van der Waals surface area contributed by atoms with Crippen LogP contribution in [0.1, 0.15) is 204 Å². The molecule has 0 saturated carbocycles. The van der Waals surface area contributed by atoms with Gasteiger partial charge >= 0.3 is 0 Å². The lowest BCUT2D eigenvalue weighted by molar-refractivity contribution is 0.411. The topological polar surface area (TPSA) is 16.3 Å². The molecule has 11 aromatic carbocycles. The molecule has 0 atom stereocenters. The first-order valence-electron chi connectivity index (χ1n) is 43.3. The minimum absolute atomic E-state index is 0.214. The summed E-state index contributed by atoms with van der Waals surface area (Å²) in [5, 5.41) is 1.41. The number of anilines is 6. The van der Waals surface area contributed by atoms with Gasteiger partial charge in [-0.05, 0) is 220 Å². The molecular weight excluding hydrogens is 1230 g/mol. The van der Waals surface area contributed by atoms with Crippen LogP contribution in [-0.4, -0.2) is 15.8 Å². The molecule has 0 amide bonds. The zero-order valence-corrected chi connectivity index (χ0v) is 63.5. The van der Waals surface area contributed by atoms with E-state index in [9.17, 15) is 19.2 Å². The zero-order chi connectivity index (χ0) is 84.6. The number of aromatic nitrogens is 2. The summed E-state index contributed by atoms with van der Waals surface area (Å²) in [6.07, 6.45) is -5.81. The summed E-state index contributed by atoms with van der Waals surface area (Å²) in [5.41, 5.74) is 14.7. The van der Waals surface area contributed by atoms with Crippen LogP contribution in [0.2, 0.25) is 0 Å². The number of para-hydroxylation sites is 2. The fourth-order valence-corrected chi connectivity index (χ4v) is 15.4. The van der Waals surface area contributed by atoms with E-state index < -0.39 is 66.2 Å². The molecule has 13 aromatic rings. The fourth-order valence-electron chi connectivity index (χ4n) is 15.4. The normalized spacial score (nSPS) is 16.2. The Hall–Kier alpha value is -9.32. The summed E-state index contributed by atoms with van der Waals surface area (Å²) in [7, 11) is 0. The lowest BCUT2D eigenvalue weighted by atomic mass is 9.33. The highest BCUT2D eigenvalue weighted by Gasteiger charge is 2.46. The third kappa shape index (κ3) is 12.5. The maximum absolute atomic E-state index is 10.7. The summed E-state index contributed by atoms with van der Waals surface area (Å²) in [4.78, 5) is 4.60. The van der Waals surface area contributed by atoms with Gasteiger partial charge in [0.15, 0.2) is 0 Å². The molecule has 4 heterocycles. The predicted octanol–water partition coefficient (Wildman–Crippen LogP) is 25.3. The van der Waals surface area contributed by atoms with Gasteiger partial charge in [-0.1, -0.05) is 267 Å². The molecule has 2 aliphatic rings. The summed E-state index contributed by atoms with van der Waals surface area (Å²) in [6, 6.07) is 55.4. The largest absolute Gasteiger partial charge is 0.311 e. The van der Waals surface area contributed by atoms with E-state index >= 15 is 0 Å². The Morgan fingerprint density at radius 1 is 0.314 bits per heavy atom. The van der Waals surface area contributed by atoms with Gasteiger partial charge in [0.1, 0.15) is 0 Å². The van der Waals surface area contributed by atoms with Crippen molar-refractivity contribution in [1.82, 2.24) is 9.13 Å². The molecule has 0 saturated heterocycles. The maximum Gasteiger partial charge on any atom is 0.252 e. The Morgan fingerprint density at radius 2 is 0.686 bits per heavy atom. The van der Waals surface area contributed by atoms with Crippen LogP contribution in [-0.2, 0) is 40.8 Å². The van der Waals surface area contributed by atoms with Crippen molar-refractivity contribution in [3.63, 3.8) is 0 Å². The van der Waals surface area contributed by atoms with Gasteiger partial charge in [-0.2, -0.15) is 0 Å². The molecule has 0 aliphatic carbocycles. The number of nitrogens with zero attached hydrogens (tertiary/aromatic N) is 4. The Morgan fingerprint density at radius 3 is 1.07 bits per heavy atom. The number of benzene rings is 11. The van der Waals surface area contributed by atoms with Crippen LogP contribution in [0.15, 0.2) is 218 Å². The van der Waals surface area contributed by atoms with Crippen LogP contribution in [0.3, 0.4) is 0 Å². The van der Waals surface area contributed by atoms with E-state index in [0.29, 0.717) is 72.6 Å². The van der Waals surface area contributed by atoms with E-state index in [1.54, 1.807) is 24.3 Å². The van der Waals surface area contributed by atoms with Crippen molar-refractivity contribution in [3.8, 4) is 33.6 Å². The summed E-state index contributed by atoms with van der Waals surface area (Å²) in [6.45, 7) is 42.7. The van der Waals surface area contributed by atoms with Crippen LogP contribution in [0.4, 0.5) is 34.1 Å². The third-order valence-electron chi connectivity index (χ3n) is 20.2. The molecule has 102 heavy (non-hydrogen) atoms. The molecule has 0 radical (unpaired) electrons. The highest BCUT2D eigenvalue weighted by Crippen LogP contribution is 2.52. The third-order valence-corrected chi connectivity index (χ3v) is 20.2. The molecule has 5 heteroatoms. The van der Waals surface area contributed by atoms with Gasteiger partial charge in [0.25, 0.3) is 6.71 Å². The van der Waals surface area contributed by atoms with Crippen molar-refractivity contribution in [1.29, 1.82) is 0 Å². The number of fused-ring (bicyclic) bond motifs is 10. The second-order valence-electron chi connectivity index (χ2n) is 35.9. The van der Waals surface area contributed by atoms with E-state index in [2.05, 4.69) is 214 Å². The standard InChI is InChI=1S/C97H105BN4/c1-91(2,3)58-61-36-44-84-76(48-61)72-32-22-24-34-80(72)99(84)70-40-42-78-86(56-70)101(82-46-38-68(96(16,17)18)54-74(82)64-28-26-30-66(52-64)94(10,11)12)88-50-63(60-93(7,8)9)51-89-90(88)98(78)79-43-41-71(100-81-35-25-23-33-73(81)77-49-62(37-45-85(77)100)59-92(4,5)6)57-87(79)102(89)83-47-39-69(97(19,20)21)55-75(83)65-29-27-31-67(53-65)95(13,14)15/h22-57H,58-60H2,1-21H3/i22D,23D,24D,25D,32D,33D,34D,35D,58D2,59D2,60D2. The highest BCUT2D eigenvalue weighted by atomic mass is 15.2. The van der Waals surface area contributed by atoms with Gasteiger partial charge in [-0.15, -0.1) is 0 Å².